The van der Waals surface area contributed by atoms with Crippen LogP contribution in [0.3, 0.4) is 0 Å². The van der Waals surface area contributed by atoms with E-state index in [9.17, 15) is 4.79 Å². The number of hydrogen-bond donors (Lipinski definition) is 1. The normalized spacial score (nSPS) is 14.2. The van der Waals surface area contributed by atoms with E-state index in [1.807, 2.05) is 0 Å². The molecule has 0 aromatic carbocycles. The second-order valence-electron chi connectivity index (χ2n) is 4.56. The number of hydrogen-bond acceptors (Lipinski definition) is 6. The van der Waals surface area contributed by atoms with E-state index in [1.165, 1.54) is 11.3 Å². The molecule has 1 aliphatic rings. The number of thiazole rings is 1. The predicted octanol–water partition coefficient (Wildman–Crippen LogP) is 1.20. The van der Waals surface area contributed by atoms with E-state index < -0.39 is 0 Å². The zero-order valence-corrected chi connectivity index (χ0v) is 11.6. The predicted molar refractivity (Wildman–Crippen MR) is 74.3 cm³/mol. The first-order chi connectivity index (χ1) is 9.79. The topological polar surface area (TPSA) is 79.2 Å². The molecule has 1 amide bonds. The summed E-state index contributed by atoms with van der Waals surface area (Å²) in [6, 6.07) is 2.01. The molecule has 1 fully saturated rings. The smallest absolute Gasteiger partial charge is 0.265 e. The molecular weight excluding hydrogens is 276 g/mol. The van der Waals surface area contributed by atoms with E-state index in [0.29, 0.717) is 22.3 Å². The summed E-state index contributed by atoms with van der Waals surface area (Å²) in [4.78, 5) is 27.2. The maximum Gasteiger partial charge on any atom is 0.265 e. The van der Waals surface area contributed by atoms with Crippen LogP contribution in [0.1, 0.15) is 22.5 Å². The fourth-order valence-electron chi connectivity index (χ4n) is 1.97. The molecular formula is C13H14N4O2S. The minimum atomic E-state index is -0.0683. The fourth-order valence-corrected chi connectivity index (χ4v) is 2.79. The van der Waals surface area contributed by atoms with Crippen LogP contribution < -0.4 is 0 Å². The summed E-state index contributed by atoms with van der Waals surface area (Å²) >= 11 is 1.28. The van der Waals surface area contributed by atoms with Crippen molar-refractivity contribution in [2.75, 3.05) is 13.2 Å². The Morgan fingerprint density at radius 3 is 2.75 bits per heavy atom. The van der Waals surface area contributed by atoms with Gasteiger partial charge in [-0.15, -0.1) is 11.3 Å². The Balaban J connectivity index is 1.80. The van der Waals surface area contributed by atoms with Gasteiger partial charge in [-0.3, -0.25) is 4.79 Å². The Labute approximate surface area is 120 Å². The van der Waals surface area contributed by atoms with E-state index in [-0.39, 0.29) is 18.6 Å². The van der Waals surface area contributed by atoms with Crippen molar-refractivity contribution in [3.05, 3.63) is 29.5 Å². The summed E-state index contributed by atoms with van der Waals surface area (Å²) in [5.41, 5.74) is 0. The van der Waals surface area contributed by atoms with Gasteiger partial charge in [-0.1, -0.05) is 0 Å². The Morgan fingerprint density at radius 1 is 1.35 bits per heavy atom. The molecule has 0 spiro atoms. The van der Waals surface area contributed by atoms with E-state index in [0.717, 1.165) is 12.8 Å². The first kappa shape index (κ1) is 13.1. The number of nitrogens with zero attached hydrogens (tertiary/aromatic N) is 4. The highest BCUT2D eigenvalue weighted by Gasteiger charge is 2.33. The van der Waals surface area contributed by atoms with Crippen LogP contribution in [-0.4, -0.2) is 50.1 Å². The van der Waals surface area contributed by atoms with Crippen LogP contribution in [0.15, 0.2) is 24.7 Å². The Bertz CT molecular complexity index is 597. The summed E-state index contributed by atoms with van der Waals surface area (Å²) in [5.74, 6) is 0.456. The van der Waals surface area contributed by atoms with Gasteiger partial charge in [-0.05, 0) is 18.9 Å². The fraction of sp³-hybridized carbons (Fsp3) is 0.385. The first-order valence-electron chi connectivity index (χ1n) is 6.44. The van der Waals surface area contributed by atoms with Crippen LogP contribution in [0.2, 0.25) is 0 Å². The lowest BCUT2D eigenvalue weighted by Gasteiger charge is -2.20. The average molecular weight is 290 g/mol. The Kier molecular flexibility index (Phi) is 3.70. The van der Waals surface area contributed by atoms with Crippen molar-refractivity contribution >= 4 is 17.2 Å². The number of amides is 1. The summed E-state index contributed by atoms with van der Waals surface area (Å²) in [6.07, 6.45) is 6.88. The quantitative estimate of drug-likeness (QED) is 0.895. The van der Waals surface area contributed by atoms with Crippen molar-refractivity contribution in [2.24, 2.45) is 0 Å². The van der Waals surface area contributed by atoms with Gasteiger partial charge in [0.25, 0.3) is 5.91 Å². The molecule has 0 aliphatic heterocycles. The molecule has 1 saturated carbocycles. The number of carbonyl (C=O) groups is 1. The minimum Gasteiger partial charge on any atom is -0.395 e. The number of aromatic nitrogens is 3. The van der Waals surface area contributed by atoms with Crippen LogP contribution in [-0.2, 0) is 0 Å². The standard InChI is InChI=1S/C13H14N4O2S/c18-7-6-17(9-2-3-9)13(19)10-8-16-12(20-10)11-14-4-1-5-15-11/h1,4-5,8-9,18H,2-3,6-7H2. The van der Waals surface area contributed by atoms with E-state index in [4.69, 9.17) is 5.11 Å². The van der Waals surface area contributed by atoms with Crippen LogP contribution in [0.5, 0.6) is 0 Å². The molecule has 7 heteroatoms. The number of carbonyl (C=O) groups excluding carboxylic acids is 1. The summed E-state index contributed by atoms with van der Waals surface area (Å²) in [6.45, 7) is 0.355. The molecule has 2 aromatic rings. The summed E-state index contributed by atoms with van der Waals surface area (Å²) < 4.78 is 0. The number of rotatable bonds is 5. The van der Waals surface area contributed by atoms with Crippen molar-refractivity contribution in [3.63, 3.8) is 0 Å². The Hall–Kier alpha value is -1.86. The van der Waals surface area contributed by atoms with Crippen LogP contribution in [0.4, 0.5) is 0 Å². The van der Waals surface area contributed by atoms with E-state index in [2.05, 4.69) is 15.0 Å². The molecule has 2 aromatic heterocycles. The van der Waals surface area contributed by atoms with Gasteiger partial charge in [0.05, 0.1) is 12.8 Å². The van der Waals surface area contributed by atoms with Gasteiger partial charge >= 0.3 is 0 Å². The second-order valence-corrected chi connectivity index (χ2v) is 5.59. The lowest BCUT2D eigenvalue weighted by molar-refractivity contribution is 0.0712. The van der Waals surface area contributed by atoms with Gasteiger partial charge in [0.15, 0.2) is 10.8 Å². The molecule has 2 heterocycles. The van der Waals surface area contributed by atoms with Gasteiger partial charge in [0, 0.05) is 25.0 Å². The number of aliphatic hydroxyl groups is 1. The highest BCUT2D eigenvalue weighted by atomic mass is 32.1. The highest BCUT2D eigenvalue weighted by molar-refractivity contribution is 7.16. The zero-order valence-electron chi connectivity index (χ0n) is 10.8. The van der Waals surface area contributed by atoms with Gasteiger partial charge in [0.1, 0.15) is 4.88 Å². The molecule has 0 atom stereocenters. The molecule has 1 aliphatic carbocycles. The maximum atomic E-state index is 12.4. The largest absolute Gasteiger partial charge is 0.395 e. The zero-order chi connectivity index (χ0) is 13.9. The Morgan fingerprint density at radius 2 is 2.10 bits per heavy atom. The molecule has 104 valence electrons. The molecule has 3 rings (SSSR count). The van der Waals surface area contributed by atoms with Crippen LogP contribution in [0, 0.1) is 0 Å². The minimum absolute atomic E-state index is 0.0182. The maximum absolute atomic E-state index is 12.4. The third kappa shape index (κ3) is 2.68. The molecule has 0 unspecified atom stereocenters. The highest BCUT2D eigenvalue weighted by Crippen LogP contribution is 2.30. The molecule has 1 N–H and O–H groups in total. The van der Waals surface area contributed by atoms with Crippen molar-refractivity contribution < 1.29 is 9.90 Å². The van der Waals surface area contributed by atoms with Crippen molar-refractivity contribution in [1.29, 1.82) is 0 Å². The molecule has 20 heavy (non-hydrogen) atoms. The SMILES string of the molecule is O=C(c1cnc(-c2ncccn2)s1)N(CCO)C1CC1. The molecule has 0 bridgehead atoms. The van der Waals surface area contributed by atoms with Crippen LogP contribution >= 0.6 is 11.3 Å². The third-order valence-corrected chi connectivity index (χ3v) is 4.04. The lowest BCUT2D eigenvalue weighted by atomic mass is 10.4. The van der Waals surface area contributed by atoms with Crippen molar-refractivity contribution in [3.8, 4) is 10.8 Å². The van der Waals surface area contributed by atoms with E-state index in [1.54, 1.807) is 29.6 Å². The lowest BCUT2D eigenvalue weighted by Crippen LogP contribution is -2.35. The first-order valence-corrected chi connectivity index (χ1v) is 7.26. The molecule has 0 saturated heterocycles. The average Bonchev–Trinajstić information content (AvgIpc) is 3.21. The van der Waals surface area contributed by atoms with Crippen molar-refractivity contribution in [2.45, 2.75) is 18.9 Å². The monoisotopic (exact) mass is 290 g/mol. The summed E-state index contributed by atoms with van der Waals surface area (Å²) in [7, 11) is 0. The van der Waals surface area contributed by atoms with E-state index >= 15 is 0 Å². The molecule has 0 radical (unpaired) electrons. The third-order valence-electron chi connectivity index (χ3n) is 3.06. The van der Waals surface area contributed by atoms with Gasteiger partial charge in [-0.2, -0.15) is 0 Å². The van der Waals surface area contributed by atoms with Crippen LogP contribution in [0.25, 0.3) is 10.8 Å². The van der Waals surface area contributed by atoms with Gasteiger partial charge < -0.3 is 10.0 Å². The van der Waals surface area contributed by atoms with Gasteiger partial charge in [-0.25, -0.2) is 15.0 Å². The van der Waals surface area contributed by atoms with Crippen molar-refractivity contribution in [1.82, 2.24) is 19.9 Å². The molecule has 6 nitrogen and oxygen atoms in total. The second kappa shape index (κ2) is 5.64. The number of aliphatic hydroxyl groups excluding tert-OH is 1. The van der Waals surface area contributed by atoms with Gasteiger partial charge in [0.2, 0.25) is 0 Å². The summed E-state index contributed by atoms with van der Waals surface area (Å²) in [5, 5.41) is 9.70.